The second-order valence-electron chi connectivity index (χ2n) is 4.61. The van der Waals surface area contributed by atoms with Crippen LogP contribution in [0.25, 0.3) is 0 Å². The maximum atomic E-state index is 11.2. The van der Waals surface area contributed by atoms with Crippen molar-refractivity contribution in [3.05, 3.63) is 18.0 Å². The van der Waals surface area contributed by atoms with E-state index in [1.54, 1.807) is 0 Å². The summed E-state index contributed by atoms with van der Waals surface area (Å²) >= 11 is 0. The lowest BCUT2D eigenvalue weighted by molar-refractivity contribution is -0.122. The van der Waals surface area contributed by atoms with E-state index >= 15 is 0 Å². The van der Waals surface area contributed by atoms with Gasteiger partial charge in [-0.1, -0.05) is 0 Å². The lowest BCUT2D eigenvalue weighted by atomic mass is 9.93. The van der Waals surface area contributed by atoms with Crippen molar-refractivity contribution in [1.29, 1.82) is 0 Å². The average molecular weight is 248 g/mol. The van der Waals surface area contributed by atoms with Crippen LogP contribution < -0.4 is 10.6 Å². The van der Waals surface area contributed by atoms with Crippen LogP contribution in [0.4, 0.5) is 5.95 Å². The van der Waals surface area contributed by atoms with Gasteiger partial charge >= 0.3 is 0 Å². The maximum Gasteiger partial charge on any atom is 0.225 e. The summed E-state index contributed by atoms with van der Waals surface area (Å²) in [5, 5.41) is 0. The van der Waals surface area contributed by atoms with Gasteiger partial charge < -0.3 is 10.6 Å². The van der Waals surface area contributed by atoms with Gasteiger partial charge in [-0.2, -0.15) is 0 Å². The molecule has 0 saturated carbocycles. The van der Waals surface area contributed by atoms with Crippen molar-refractivity contribution < 1.29 is 9.59 Å². The van der Waals surface area contributed by atoms with Gasteiger partial charge in [0.1, 0.15) is 0 Å². The molecule has 0 bridgehead atoms. The molecule has 6 heteroatoms. The van der Waals surface area contributed by atoms with Crippen LogP contribution in [-0.2, 0) is 4.79 Å². The molecule has 0 aliphatic carbocycles. The first-order valence-corrected chi connectivity index (χ1v) is 5.95. The van der Waals surface area contributed by atoms with Gasteiger partial charge in [-0.15, -0.1) is 0 Å². The standard InChI is InChI=1S/C12H16N4O2/c1-8-2-3-10(11(13)18)6-16(8)12-14-4-9(7-17)5-15-12/h4-5,7-8,10H,2-3,6H2,1H3,(H2,13,18). The number of anilines is 1. The molecular weight excluding hydrogens is 232 g/mol. The van der Waals surface area contributed by atoms with Gasteiger partial charge in [0.2, 0.25) is 11.9 Å². The fraction of sp³-hybridized carbons (Fsp3) is 0.500. The first kappa shape index (κ1) is 12.5. The van der Waals surface area contributed by atoms with Crippen molar-refractivity contribution in [2.45, 2.75) is 25.8 Å². The van der Waals surface area contributed by atoms with Gasteiger partial charge in [0.25, 0.3) is 0 Å². The van der Waals surface area contributed by atoms with E-state index in [-0.39, 0.29) is 17.9 Å². The van der Waals surface area contributed by atoms with Gasteiger partial charge in [0, 0.05) is 25.0 Å². The lowest BCUT2D eigenvalue weighted by Crippen LogP contribution is -2.46. The van der Waals surface area contributed by atoms with Crippen LogP contribution in [-0.4, -0.2) is 34.7 Å². The van der Waals surface area contributed by atoms with Crippen LogP contribution in [0.2, 0.25) is 0 Å². The summed E-state index contributed by atoms with van der Waals surface area (Å²) in [4.78, 5) is 32.1. The number of carbonyl (C=O) groups is 2. The third-order valence-electron chi connectivity index (χ3n) is 3.34. The zero-order valence-electron chi connectivity index (χ0n) is 10.2. The molecule has 2 atom stereocenters. The number of hydrogen-bond donors (Lipinski definition) is 1. The number of rotatable bonds is 3. The van der Waals surface area contributed by atoms with Gasteiger partial charge in [-0.3, -0.25) is 9.59 Å². The van der Waals surface area contributed by atoms with Crippen LogP contribution in [0.15, 0.2) is 12.4 Å². The number of aromatic nitrogens is 2. The highest BCUT2D eigenvalue weighted by molar-refractivity contribution is 5.77. The predicted octanol–water partition coefficient (Wildman–Crippen LogP) is 0.379. The summed E-state index contributed by atoms with van der Waals surface area (Å²) < 4.78 is 0. The van der Waals surface area contributed by atoms with Crippen LogP contribution in [0.3, 0.4) is 0 Å². The third-order valence-corrected chi connectivity index (χ3v) is 3.34. The predicted molar refractivity (Wildman–Crippen MR) is 66.1 cm³/mol. The first-order valence-electron chi connectivity index (χ1n) is 5.95. The summed E-state index contributed by atoms with van der Waals surface area (Å²) in [7, 11) is 0. The van der Waals surface area contributed by atoms with Crippen molar-refractivity contribution >= 4 is 18.1 Å². The molecule has 1 aromatic heterocycles. The zero-order chi connectivity index (χ0) is 13.1. The van der Waals surface area contributed by atoms with Crippen molar-refractivity contribution in [1.82, 2.24) is 9.97 Å². The van der Waals surface area contributed by atoms with E-state index in [4.69, 9.17) is 5.73 Å². The Morgan fingerprint density at radius 1 is 1.44 bits per heavy atom. The van der Waals surface area contributed by atoms with Crippen molar-refractivity contribution in [3.63, 3.8) is 0 Å². The molecule has 1 aliphatic heterocycles. The van der Waals surface area contributed by atoms with E-state index in [0.717, 1.165) is 12.8 Å². The summed E-state index contributed by atoms with van der Waals surface area (Å²) in [6, 6.07) is 0.266. The normalized spacial score (nSPS) is 23.7. The molecule has 0 spiro atoms. The van der Waals surface area contributed by atoms with Crippen LogP contribution >= 0.6 is 0 Å². The molecule has 6 nitrogen and oxygen atoms in total. The number of hydrogen-bond acceptors (Lipinski definition) is 5. The monoisotopic (exact) mass is 248 g/mol. The van der Waals surface area contributed by atoms with Crippen LogP contribution in [0.1, 0.15) is 30.1 Å². The highest BCUT2D eigenvalue weighted by Gasteiger charge is 2.29. The molecule has 1 aliphatic rings. The molecule has 0 radical (unpaired) electrons. The van der Waals surface area contributed by atoms with Gasteiger partial charge in [-0.25, -0.2) is 9.97 Å². The zero-order valence-corrected chi connectivity index (χ0v) is 10.2. The third kappa shape index (κ3) is 2.47. The Kier molecular flexibility index (Phi) is 3.55. The number of primary amides is 1. The number of aldehydes is 1. The van der Waals surface area contributed by atoms with Crippen molar-refractivity contribution in [2.75, 3.05) is 11.4 Å². The largest absolute Gasteiger partial charge is 0.369 e. The van der Waals surface area contributed by atoms with Crippen LogP contribution in [0, 0.1) is 5.92 Å². The Balaban J connectivity index is 2.18. The average Bonchev–Trinajstić information content (AvgIpc) is 2.39. The molecule has 1 saturated heterocycles. The van der Waals surface area contributed by atoms with E-state index in [1.807, 2.05) is 4.90 Å². The second kappa shape index (κ2) is 5.12. The first-order chi connectivity index (χ1) is 8.61. The molecule has 0 aromatic carbocycles. The minimum Gasteiger partial charge on any atom is -0.369 e. The van der Waals surface area contributed by atoms with Gasteiger partial charge in [-0.05, 0) is 19.8 Å². The van der Waals surface area contributed by atoms with Crippen molar-refractivity contribution in [3.8, 4) is 0 Å². The smallest absolute Gasteiger partial charge is 0.225 e. The Bertz CT molecular complexity index is 446. The number of nitrogens with two attached hydrogens (primary N) is 1. The quantitative estimate of drug-likeness (QED) is 0.781. The summed E-state index contributed by atoms with van der Waals surface area (Å²) in [6.07, 6.45) is 5.35. The topological polar surface area (TPSA) is 89.2 Å². The van der Waals surface area contributed by atoms with E-state index in [2.05, 4.69) is 16.9 Å². The molecule has 1 fully saturated rings. The summed E-state index contributed by atoms with van der Waals surface area (Å²) in [5.74, 6) is 0.103. The van der Waals surface area contributed by atoms with Gasteiger partial charge in [0.05, 0.1) is 11.5 Å². The van der Waals surface area contributed by atoms with E-state index in [9.17, 15) is 9.59 Å². The highest BCUT2D eigenvalue weighted by atomic mass is 16.1. The highest BCUT2D eigenvalue weighted by Crippen LogP contribution is 2.24. The van der Waals surface area contributed by atoms with E-state index < -0.39 is 0 Å². The van der Waals surface area contributed by atoms with Crippen LogP contribution in [0.5, 0.6) is 0 Å². The number of amides is 1. The molecule has 96 valence electrons. The minimum absolute atomic E-state index is 0.157. The second-order valence-corrected chi connectivity index (χ2v) is 4.61. The number of nitrogens with zero attached hydrogens (tertiary/aromatic N) is 3. The molecule has 2 unspecified atom stereocenters. The number of piperidine rings is 1. The Labute approximate surface area is 105 Å². The fourth-order valence-electron chi connectivity index (χ4n) is 2.16. The van der Waals surface area contributed by atoms with Crippen molar-refractivity contribution in [2.24, 2.45) is 11.7 Å². The molecule has 2 rings (SSSR count). The Morgan fingerprint density at radius 3 is 2.67 bits per heavy atom. The lowest BCUT2D eigenvalue weighted by Gasteiger charge is -2.36. The molecule has 2 heterocycles. The number of carbonyl (C=O) groups excluding carboxylic acids is 2. The molecular formula is C12H16N4O2. The SMILES string of the molecule is CC1CCC(C(N)=O)CN1c1ncc(C=O)cn1. The van der Waals surface area contributed by atoms with Gasteiger partial charge in [0.15, 0.2) is 6.29 Å². The molecule has 1 amide bonds. The Hall–Kier alpha value is -1.98. The summed E-state index contributed by atoms with van der Waals surface area (Å²) in [5.41, 5.74) is 5.79. The molecule has 2 N–H and O–H groups in total. The van der Waals surface area contributed by atoms with E-state index in [0.29, 0.717) is 24.3 Å². The minimum atomic E-state index is -0.281. The maximum absolute atomic E-state index is 11.2. The van der Waals surface area contributed by atoms with E-state index in [1.165, 1.54) is 12.4 Å². The Morgan fingerprint density at radius 2 is 2.11 bits per heavy atom. The fourth-order valence-corrected chi connectivity index (χ4v) is 2.16. The molecule has 1 aromatic rings. The molecule has 18 heavy (non-hydrogen) atoms. The summed E-state index contributed by atoms with van der Waals surface area (Å²) in [6.45, 7) is 2.60.